The molecule has 8 nitrogen and oxygen atoms in total. The van der Waals surface area contributed by atoms with Gasteiger partial charge < -0.3 is 10.1 Å². The van der Waals surface area contributed by atoms with Gasteiger partial charge in [0.1, 0.15) is 6.04 Å². The lowest BCUT2D eigenvalue weighted by atomic mass is 10.0. The minimum Gasteiger partial charge on any atom is -0.464 e. The van der Waals surface area contributed by atoms with Gasteiger partial charge in [0.25, 0.3) is 11.3 Å². The van der Waals surface area contributed by atoms with Crippen molar-refractivity contribution in [1.29, 1.82) is 0 Å². The number of carbonyl (C=O) groups is 2. The number of carbonyl (C=O) groups excluding carboxylic acids is 2. The molecule has 0 heterocycles. The van der Waals surface area contributed by atoms with Crippen LogP contribution in [0.15, 0.2) is 97.1 Å². The van der Waals surface area contributed by atoms with Gasteiger partial charge >= 0.3 is 5.97 Å². The van der Waals surface area contributed by atoms with Gasteiger partial charge in [0.15, 0.2) is 0 Å². The summed E-state index contributed by atoms with van der Waals surface area (Å²) in [6.07, 6.45) is 0.0916. The van der Waals surface area contributed by atoms with Crippen LogP contribution in [0.1, 0.15) is 49.9 Å². The van der Waals surface area contributed by atoms with E-state index >= 15 is 0 Å². The highest BCUT2D eigenvalue weighted by Gasteiger charge is 2.30. The molecule has 0 aliphatic heterocycles. The highest BCUT2D eigenvalue weighted by atomic mass is 32.2. The maximum Gasteiger partial charge on any atom is 0.328 e. The molecule has 0 bridgehead atoms. The van der Waals surface area contributed by atoms with E-state index in [1.165, 1.54) is 9.87 Å². The van der Waals surface area contributed by atoms with Crippen LogP contribution in [0, 0.1) is 0 Å². The predicted molar refractivity (Wildman–Crippen MR) is 176 cm³/mol. The molecule has 1 amide bonds. The van der Waals surface area contributed by atoms with Crippen LogP contribution in [-0.2, 0) is 38.6 Å². The largest absolute Gasteiger partial charge is 0.464 e. The second-order valence-electron chi connectivity index (χ2n) is 10.6. The average molecular weight is 616 g/mol. The van der Waals surface area contributed by atoms with Gasteiger partial charge in [-0.1, -0.05) is 98.8 Å². The van der Waals surface area contributed by atoms with E-state index in [0.29, 0.717) is 11.3 Å². The molecule has 3 atom stereocenters. The van der Waals surface area contributed by atoms with Crippen molar-refractivity contribution >= 4 is 39.6 Å². The van der Waals surface area contributed by atoms with Crippen molar-refractivity contribution in [3.05, 3.63) is 114 Å². The van der Waals surface area contributed by atoms with E-state index in [1.54, 1.807) is 13.0 Å². The number of anilines is 1. The van der Waals surface area contributed by atoms with Gasteiger partial charge in [-0.15, -0.1) is 0 Å². The zero-order valence-corrected chi connectivity index (χ0v) is 26.3. The Morgan fingerprint density at radius 3 is 2.11 bits per heavy atom. The second-order valence-corrected chi connectivity index (χ2v) is 11.4. The molecular weight excluding hydrogens is 574 g/mol. The SMILES string of the molecule is CCOC(=O)C(Cc1ccc(CN(CC)CC)cc1)NC(=O)CC(c1ccccc1)N(c1ccc2ccccc2c1)S(=O)O. The average Bonchev–Trinajstić information content (AvgIpc) is 3.04. The first kappa shape index (κ1) is 32.9. The topological polar surface area (TPSA) is 99.2 Å². The lowest BCUT2D eigenvalue weighted by Crippen LogP contribution is -2.45. The number of fused-ring (bicyclic) bond motifs is 1. The molecule has 0 radical (unpaired) electrons. The Kier molecular flexibility index (Phi) is 12.1. The third kappa shape index (κ3) is 8.75. The van der Waals surface area contributed by atoms with Gasteiger partial charge in [-0.3, -0.25) is 18.6 Å². The molecule has 0 aliphatic rings. The fourth-order valence-corrected chi connectivity index (χ4v) is 6.00. The Bertz CT molecular complexity index is 1540. The van der Waals surface area contributed by atoms with Gasteiger partial charge in [-0.05, 0) is 59.6 Å². The van der Waals surface area contributed by atoms with Crippen molar-refractivity contribution in [2.45, 2.75) is 52.2 Å². The number of ether oxygens (including phenoxy) is 1. The van der Waals surface area contributed by atoms with Crippen LogP contribution in [0.25, 0.3) is 10.8 Å². The molecular formula is C35H41N3O5S. The van der Waals surface area contributed by atoms with Gasteiger partial charge in [0.2, 0.25) is 5.91 Å². The molecule has 3 unspecified atom stereocenters. The maximum atomic E-state index is 13.6. The van der Waals surface area contributed by atoms with E-state index in [-0.39, 0.29) is 19.4 Å². The highest BCUT2D eigenvalue weighted by molar-refractivity contribution is 7.80. The van der Waals surface area contributed by atoms with E-state index in [2.05, 4.69) is 24.1 Å². The summed E-state index contributed by atoms with van der Waals surface area (Å²) in [6.45, 7) is 8.93. The van der Waals surface area contributed by atoms with Crippen molar-refractivity contribution < 1.29 is 23.1 Å². The third-order valence-electron chi connectivity index (χ3n) is 7.67. The van der Waals surface area contributed by atoms with Crippen molar-refractivity contribution in [3.8, 4) is 0 Å². The number of hydrogen-bond acceptors (Lipinski definition) is 5. The van der Waals surface area contributed by atoms with Gasteiger partial charge in [-0.2, -0.15) is 0 Å². The van der Waals surface area contributed by atoms with E-state index in [4.69, 9.17) is 4.74 Å². The predicted octanol–water partition coefficient (Wildman–Crippen LogP) is 6.05. The monoisotopic (exact) mass is 615 g/mol. The first-order valence-corrected chi connectivity index (χ1v) is 16.1. The smallest absolute Gasteiger partial charge is 0.328 e. The molecule has 232 valence electrons. The fraction of sp³-hybridized carbons (Fsp3) is 0.314. The summed E-state index contributed by atoms with van der Waals surface area (Å²) in [4.78, 5) is 28.9. The van der Waals surface area contributed by atoms with Crippen LogP contribution < -0.4 is 9.62 Å². The van der Waals surface area contributed by atoms with E-state index in [1.807, 2.05) is 91.0 Å². The summed E-state index contributed by atoms with van der Waals surface area (Å²) in [5.74, 6) is -0.965. The molecule has 2 N–H and O–H groups in total. The lowest BCUT2D eigenvalue weighted by molar-refractivity contribution is -0.147. The van der Waals surface area contributed by atoms with E-state index in [0.717, 1.165) is 36.0 Å². The number of amides is 1. The Labute approximate surface area is 262 Å². The molecule has 0 saturated heterocycles. The van der Waals surface area contributed by atoms with Crippen LogP contribution in [-0.4, -0.2) is 51.3 Å². The Hall–Kier alpha value is -4.05. The standard InChI is InChI=1S/C35H41N3O5S/c1-4-37(5-2)25-27-18-16-26(17-19-27)22-32(35(40)43-6-3)36-34(39)24-33(29-13-8-7-9-14-29)38(44(41)42)31-21-20-28-12-10-11-15-30(28)23-31/h7-21,23,32-33H,4-6,22,24-25H2,1-3H3,(H,36,39)(H,41,42). The number of hydrogen-bond donors (Lipinski definition) is 2. The Balaban J connectivity index is 1.57. The second kappa shape index (κ2) is 16.1. The molecule has 4 aromatic carbocycles. The minimum absolute atomic E-state index is 0.165. The summed E-state index contributed by atoms with van der Waals surface area (Å²) in [6, 6.07) is 28.7. The van der Waals surface area contributed by atoms with Gasteiger partial charge in [0.05, 0.1) is 24.8 Å². The minimum atomic E-state index is -2.45. The molecule has 0 aromatic heterocycles. The molecule has 9 heteroatoms. The van der Waals surface area contributed by atoms with Crippen LogP contribution in [0.4, 0.5) is 5.69 Å². The van der Waals surface area contributed by atoms with Crippen molar-refractivity contribution in [1.82, 2.24) is 10.2 Å². The molecule has 44 heavy (non-hydrogen) atoms. The van der Waals surface area contributed by atoms with Crippen LogP contribution >= 0.6 is 0 Å². The van der Waals surface area contributed by atoms with Crippen molar-refractivity contribution in [2.75, 3.05) is 24.0 Å². The van der Waals surface area contributed by atoms with Crippen molar-refractivity contribution in [2.24, 2.45) is 0 Å². The number of benzene rings is 4. The molecule has 0 spiro atoms. The van der Waals surface area contributed by atoms with Gasteiger partial charge in [0, 0.05) is 13.0 Å². The fourth-order valence-electron chi connectivity index (χ4n) is 5.29. The quantitative estimate of drug-likeness (QED) is 0.125. The highest BCUT2D eigenvalue weighted by Crippen LogP contribution is 2.33. The molecule has 0 fully saturated rings. The first-order chi connectivity index (χ1) is 21.3. The molecule has 4 aromatic rings. The summed E-state index contributed by atoms with van der Waals surface area (Å²) >= 11 is -2.45. The number of nitrogens with zero attached hydrogens (tertiary/aromatic N) is 2. The molecule has 4 rings (SSSR count). The molecule has 0 saturated carbocycles. The van der Waals surface area contributed by atoms with Crippen molar-refractivity contribution in [3.63, 3.8) is 0 Å². The van der Waals surface area contributed by atoms with E-state index in [9.17, 15) is 18.4 Å². The summed E-state index contributed by atoms with van der Waals surface area (Å²) in [5.41, 5.74) is 3.25. The lowest BCUT2D eigenvalue weighted by Gasteiger charge is -2.30. The van der Waals surface area contributed by atoms with Crippen LogP contribution in [0.5, 0.6) is 0 Å². The summed E-state index contributed by atoms with van der Waals surface area (Å²) < 4.78 is 30.0. The third-order valence-corrected chi connectivity index (χ3v) is 8.47. The number of nitrogens with one attached hydrogen (secondary N) is 1. The van der Waals surface area contributed by atoms with E-state index < -0.39 is 35.2 Å². The zero-order chi connectivity index (χ0) is 31.5. The summed E-state index contributed by atoms with van der Waals surface area (Å²) in [5, 5.41) is 4.76. The number of rotatable bonds is 15. The van der Waals surface area contributed by atoms with Gasteiger partial charge in [-0.25, -0.2) is 9.00 Å². The maximum absolute atomic E-state index is 13.6. The summed E-state index contributed by atoms with van der Waals surface area (Å²) in [7, 11) is 0. The first-order valence-electron chi connectivity index (χ1n) is 15.0. The normalized spacial score (nSPS) is 13.3. The van der Waals surface area contributed by atoms with Crippen LogP contribution in [0.2, 0.25) is 0 Å². The number of esters is 1. The molecule has 0 aliphatic carbocycles. The Morgan fingerprint density at radius 1 is 0.841 bits per heavy atom. The van der Waals surface area contributed by atoms with Crippen LogP contribution in [0.3, 0.4) is 0 Å². The zero-order valence-electron chi connectivity index (χ0n) is 25.5. The Morgan fingerprint density at radius 2 is 1.48 bits per heavy atom.